The van der Waals surface area contributed by atoms with Crippen molar-refractivity contribution >= 4 is 17.3 Å². The Labute approximate surface area is 95.2 Å². The Balaban J connectivity index is 1.71. The van der Waals surface area contributed by atoms with Crippen LogP contribution in [0, 0.1) is 0 Å². The molecule has 1 aromatic rings. The van der Waals surface area contributed by atoms with E-state index in [1.54, 1.807) is 6.26 Å². The first-order chi connectivity index (χ1) is 7.24. The summed E-state index contributed by atoms with van der Waals surface area (Å²) in [6.07, 6.45) is 5.05. The maximum absolute atomic E-state index is 5.28. The molecular formula is C11H16N2OS. The molecule has 0 amide bonds. The third kappa shape index (κ3) is 3.55. The van der Waals surface area contributed by atoms with Gasteiger partial charge in [-0.05, 0) is 44.1 Å². The van der Waals surface area contributed by atoms with Crippen molar-refractivity contribution in [3.05, 3.63) is 24.2 Å². The predicted octanol–water partition coefficient (Wildman–Crippen LogP) is 1.84. The molecule has 4 heteroatoms. The number of hydrogen-bond acceptors (Lipinski definition) is 2. The Bertz CT molecular complexity index is 319. The van der Waals surface area contributed by atoms with Crippen molar-refractivity contribution < 1.29 is 4.42 Å². The summed E-state index contributed by atoms with van der Waals surface area (Å²) < 4.78 is 5.28. The maximum atomic E-state index is 5.28. The first kappa shape index (κ1) is 10.5. The Kier molecular flexibility index (Phi) is 3.26. The summed E-state index contributed by atoms with van der Waals surface area (Å²) in [7, 11) is 0. The van der Waals surface area contributed by atoms with Gasteiger partial charge in [0.1, 0.15) is 5.76 Å². The lowest BCUT2D eigenvalue weighted by atomic mass is 10.2. The van der Waals surface area contributed by atoms with Crippen LogP contribution in [0.5, 0.6) is 0 Å². The van der Waals surface area contributed by atoms with E-state index < -0.39 is 0 Å². The van der Waals surface area contributed by atoms with Crippen molar-refractivity contribution in [1.29, 1.82) is 0 Å². The Morgan fingerprint density at radius 1 is 1.67 bits per heavy atom. The molecule has 1 saturated carbocycles. The summed E-state index contributed by atoms with van der Waals surface area (Å²) >= 11 is 5.19. The zero-order chi connectivity index (χ0) is 10.7. The van der Waals surface area contributed by atoms with Gasteiger partial charge in [-0.25, -0.2) is 0 Å². The highest BCUT2D eigenvalue weighted by Gasteiger charge is 2.22. The highest BCUT2D eigenvalue weighted by atomic mass is 32.1. The zero-order valence-electron chi connectivity index (χ0n) is 8.82. The van der Waals surface area contributed by atoms with Crippen LogP contribution >= 0.6 is 12.2 Å². The number of rotatable bonds is 4. The lowest BCUT2D eigenvalue weighted by Gasteiger charge is -2.15. The number of thiocarbonyl (C=S) groups is 1. The van der Waals surface area contributed by atoms with Crippen LogP contribution in [-0.4, -0.2) is 17.2 Å². The standard InChI is InChI=1S/C11H16N2OS/c1-8(7-10-3-2-6-14-10)12-11(15)13-9-4-5-9/h2-3,6,8-9H,4-5,7H2,1H3,(H2,12,13,15). The lowest BCUT2D eigenvalue weighted by Crippen LogP contribution is -2.42. The average molecular weight is 224 g/mol. The van der Waals surface area contributed by atoms with E-state index in [1.165, 1.54) is 12.8 Å². The first-order valence-electron chi connectivity index (χ1n) is 5.33. The molecule has 1 atom stereocenters. The second kappa shape index (κ2) is 4.66. The monoisotopic (exact) mass is 224 g/mol. The van der Waals surface area contributed by atoms with Gasteiger partial charge in [0.15, 0.2) is 5.11 Å². The molecule has 82 valence electrons. The van der Waals surface area contributed by atoms with Gasteiger partial charge in [-0.1, -0.05) is 0 Å². The van der Waals surface area contributed by atoms with Crippen molar-refractivity contribution in [1.82, 2.24) is 10.6 Å². The van der Waals surface area contributed by atoms with E-state index in [-0.39, 0.29) is 0 Å². The number of nitrogens with one attached hydrogen (secondary N) is 2. The molecule has 0 aromatic carbocycles. The van der Waals surface area contributed by atoms with Crippen molar-refractivity contribution in [2.24, 2.45) is 0 Å². The second-order valence-electron chi connectivity index (χ2n) is 4.08. The van der Waals surface area contributed by atoms with Gasteiger partial charge in [0.2, 0.25) is 0 Å². The van der Waals surface area contributed by atoms with E-state index in [4.69, 9.17) is 16.6 Å². The molecule has 2 N–H and O–H groups in total. The fourth-order valence-electron chi connectivity index (χ4n) is 1.46. The van der Waals surface area contributed by atoms with E-state index in [1.807, 2.05) is 12.1 Å². The molecule has 1 aliphatic rings. The fraction of sp³-hybridized carbons (Fsp3) is 0.545. The van der Waals surface area contributed by atoms with Gasteiger partial charge >= 0.3 is 0 Å². The highest BCUT2D eigenvalue weighted by Crippen LogP contribution is 2.18. The first-order valence-corrected chi connectivity index (χ1v) is 5.74. The third-order valence-electron chi connectivity index (χ3n) is 2.38. The molecule has 3 nitrogen and oxygen atoms in total. The molecule has 1 heterocycles. The highest BCUT2D eigenvalue weighted by molar-refractivity contribution is 7.80. The molecule has 0 spiro atoms. The van der Waals surface area contributed by atoms with Gasteiger partial charge in [0.05, 0.1) is 6.26 Å². The summed E-state index contributed by atoms with van der Waals surface area (Å²) in [5.41, 5.74) is 0. The smallest absolute Gasteiger partial charge is 0.166 e. The molecule has 0 saturated heterocycles. The van der Waals surface area contributed by atoms with E-state index in [9.17, 15) is 0 Å². The van der Waals surface area contributed by atoms with Gasteiger partial charge in [0.25, 0.3) is 0 Å². The van der Waals surface area contributed by atoms with Crippen LogP contribution in [0.15, 0.2) is 22.8 Å². The maximum Gasteiger partial charge on any atom is 0.166 e. The summed E-state index contributed by atoms with van der Waals surface area (Å²) in [6, 6.07) is 4.80. The minimum absolute atomic E-state index is 0.301. The van der Waals surface area contributed by atoms with E-state index in [0.29, 0.717) is 12.1 Å². The molecule has 1 unspecified atom stereocenters. The molecule has 15 heavy (non-hydrogen) atoms. The molecule has 0 bridgehead atoms. The molecular weight excluding hydrogens is 208 g/mol. The number of hydrogen-bond donors (Lipinski definition) is 2. The quantitative estimate of drug-likeness (QED) is 0.765. The minimum atomic E-state index is 0.301. The van der Waals surface area contributed by atoms with Crippen LogP contribution in [0.25, 0.3) is 0 Å². The molecule has 0 radical (unpaired) electrons. The predicted molar refractivity (Wildman–Crippen MR) is 63.8 cm³/mol. The lowest BCUT2D eigenvalue weighted by molar-refractivity contribution is 0.481. The molecule has 2 rings (SSSR count). The normalized spacial score (nSPS) is 17.1. The third-order valence-corrected chi connectivity index (χ3v) is 2.61. The average Bonchev–Trinajstić information content (AvgIpc) is 2.80. The van der Waals surface area contributed by atoms with Crippen LogP contribution in [0.2, 0.25) is 0 Å². The fourth-order valence-corrected chi connectivity index (χ4v) is 1.83. The van der Waals surface area contributed by atoms with Gasteiger partial charge in [-0.2, -0.15) is 0 Å². The SMILES string of the molecule is CC(Cc1ccco1)NC(=S)NC1CC1. The van der Waals surface area contributed by atoms with Gasteiger partial charge in [0, 0.05) is 18.5 Å². The second-order valence-corrected chi connectivity index (χ2v) is 4.48. The Hall–Kier alpha value is -1.03. The van der Waals surface area contributed by atoms with Gasteiger partial charge in [-0.15, -0.1) is 0 Å². The molecule has 1 fully saturated rings. The van der Waals surface area contributed by atoms with Crippen LogP contribution in [0.3, 0.4) is 0 Å². The van der Waals surface area contributed by atoms with Crippen molar-refractivity contribution in [2.75, 3.05) is 0 Å². The summed E-state index contributed by atoms with van der Waals surface area (Å²) in [4.78, 5) is 0. The Morgan fingerprint density at radius 2 is 2.47 bits per heavy atom. The van der Waals surface area contributed by atoms with Gasteiger partial charge < -0.3 is 15.1 Å². The zero-order valence-corrected chi connectivity index (χ0v) is 9.64. The summed E-state index contributed by atoms with van der Waals surface area (Å²) in [6.45, 7) is 2.10. The largest absolute Gasteiger partial charge is 0.469 e. The van der Waals surface area contributed by atoms with Crippen LogP contribution in [0.4, 0.5) is 0 Å². The summed E-state index contributed by atoms with van der Waals surface area (Å²) in [5, 5.41) is 7.26. The van der Waals surface area contributed by atoms with Crippen LogP contribution in [0.1, 0.15) is 25.5 Å². The number of furan rings is 1. The molecule has 1 aliphatic carbocycles. The Morgan fingerprint density at radius 3 is 3.07 bits per heavy atom. The van der Waals surface area contributed by atoms with Gasteiger partial charge in [-0.3, -0.25) is 0 Å². The van der Waals surface area contributed by atoms with Crippen molar-refractivity contribution in [3.63, 3.8) is 0 Å². The van der Waals surface area contributed by atoms with Crippen molar-refractivity contribution in [2.45, 2.75) is 38.3 Å². The van der Waals surface area contributed by atoms with Crippen molar-refractivity contribution in [3.8, 4) is 0 Å². The van der Waals surface area contributed by atoms with Crippen LogP contribution < -0.4 is 10.6 Å². The molecule has 1 aromatic heterocycles. The minimum Gasteiger partial charge on any atom is -0.469 e. The van der Waals surface area contributed by atoms with Crippen LogP contribution in [-0.2, 0) is 6.42 Å². The topological polar surface area (TPSA) is 37.2 Å². The van der Waals surface area contributed by atoms with E-state index >= 15 is 0 Å². The summed E-state index contributed by atoms with van der Waals surface area (Å²) in [5.74, 6) is 0.990. The van der Waals surface area contributed by atoms with E-state index in [2.05, 4.69) is 17.6 Å². The van der Waals surface area contributed by atoms with E-state index in [0.717, 1.165) is 17.3 Å². The molecule has 0 aliphatic heterocycles.